The molecule has 0 aromatic carbocycles. The van der Waals surface area contributed by atoms with E-state index < -0.39 is 0 Å². The number of hydrogen-bond acceptors (Lipinski definition) is 6. The van der Waals surface area contributed by atoms with Gasteiger partial charge in [0.1, 0.15) is 18.6 Å². The second kappa shape index (κ2) is 12.3. The van der Waals surface area contributed by atoms with Crippen molar-refractivity contribution in [1.82, 2.24) is 4.90 Å². The molecule has 1 atom stereocenters. The third-order valence-corrected chi connectivity index (χ3v) is 3.72. The van der Waals surface area contributed by atoms with Crippen molar-refractivity contribution >= 4 is 6.29 Å². The van der Waals surface area contributed by atoms with Gasteiger partial charge >= 0.3 is 0 Å². The van der Waals surface area contributed by atoms with E-state index >= 15 is 0 Å². The minimum Gasteiger partial charge on any atom is -0.473 e. The molecular formula is C18H31N3O3. The first kappa shape index (κ1) is 21.9. The molecule has 1 rings (SSSR count). The summed E-state index contributed by atoms with van der Waals surface area (Å²) >= 11 is 0. The fraction of sp³-hybridized carbons (Fsp3) is 0.611. The lowest BCUT2D eigenvalue weighted by Crippen LogP contribution is -2.27. The van der Waals surface area contributed by atoms with Crippen LogP contribution in [0.2, 0.25) is 0 Å². The van der Waals surface area contributed by atoms with E-state index in [1.54, 1.807) is 0 Å². The molecule has 0 saturated carbocycles. The zero-order valence-electron chi connectivity index (χ0n) is 15.5. The average Bonchev–Trinajstić information content (AvgIpc) is 3.03. The molecule has 6 nitrogen and oxygen atoms in total. The Labute approximate surface area is 145 Å². The smallest absolute Gasteiger partial charge is 0.174 e. The highest BCUT2D eigenvalue weighted by Crippen LogP contribution is 2.23. The van der Waals surface area contributed by atoms with Crippen molar-refractivity contribution in [3.05, 3.63) is 39.8 Å². The maximum Gasteiger partial charge on any atom is 0.174 e. The van der Waals surface area contributed by atoms with Crippen LogP contribution >= 0.6 is 0 Å². The molecule has 1 aliphatic heterocycles. The summed E-state index contributed by atoms with van der Waals surface area (Å²) in [5.74, 6) is 0.653. The Bertz CT molecular complexity index is 496. The third-order valence-electron chi connectivity index (χ3n) is 3.72. The maximum absolute atomic E-state index is 10.3. The first-order valence-corrected chi connectivity index (χ1v) is 8.37. The summed E-state index contributed by atoms with van der Waals surface area (Å²) in [5.41, 5.74) is 9.49. The summed E-state index contributed by atoms with van der Waals surface area (Å²) in [5, 5.41) is 2.86. The van der Waals surface area contributed by atoms with Crippen LogP contribution in [-0.2, 0) is 9.53 Å². The summed E-state index contributed by atoms with van der Waals surface area (Å²) in [6.07, 6.45) is 8.35. The number of nitrogens with zero attached hydrogens (tertiary/aromatic N) is 2. The van der Waals surface area contributed by atoms with E-state index in [9.17, 15) is 4.91 Å². The first-order chi connectivity index (χ1) is 11.4. The molecule has 0 aliphatic carbocycles. The molecule has 0 bridgehead atoms. The minimum atomic E-state index is -0.0802. The quantitative estimate of drug-likeness (QED) is 0.413. The van der Waals surface area contributed by atoms with Crippen LogP contribution in [0.4, 0.5) is 0 Å². The summed E-state index contributed by atoms with van der Waals surface area (Å²) < 4.78 is 5.70. The number of nitrogens with two attached hydrogens (primary N) is 1. The minimum absolute atomic E-state index is 0.0802. The Hall–Kier alpha value is -2.11. The number of rotatable bonds is 8. The van der Waals surface area contributed by atoms with Crippen LogP contribution in [-0.4, -0.2) is 31.0 Å². The number of nitroso groups, excluding NO2 is 1. The Balaban J connectivity index is 0.00000163. The van der Waals surface area contributed by atoms with Crippen LogP contribution in [0, 0.1) is 4.91 Å². The van der Waals surface area contributed by atoms with Crippen molar-refractivity contribution in [3.8, 4) is 0 Å². The molecule has 0 amide bonds. The van der Waals surface area contributed by atoms with Gasteiger partial charge in [-0.3, -0.25) is 0 Å². The molecule has 0 aromatic rings. The molecule has 24 heavy (non-hydrogen) atoms. The first-order valence-electron chi connectivity index (χ1n) is 8.37. The van der Waals surface area contributed by atoms with E-state index in [2.05, 4.69) is 32.1 Å². The number of allylic oxidation sites excluding steroid dienone is 2. The van der Waals surface area contributed by atoms with Crippen LogP contribution in [0.5, 0.6) is 0 Å². The standard InChI is InChI=1S/C16H27N3O2.C2H4O/c1-5-7-13(16(17)12(3)6-2)11-19(4)15-9-8-14(21-15)10-18-20;1-2-3/h8,11,15H,5-7,9-10,17H2,1-4H3;2H,1H3/b13-11-,16-12?;. The van der Waals surface area contributed by atoms with E-state index in [0.717, 1.165) is 43.2 Å². The van der Waals surface area contributed by atoms with Gasteiger partial charge in [0.2, 0.25) is 0 Å². The SMILES string of the molecule is CC=O.CCC/C(=C/N(C)C1CC=C(CN=O)O1)C(N)=C(C)CC. The van der Waals surface area contributed by atoms with E-state index in [1.807, 2.05) is 18.0 Å². The molecule has 1 heterocycles. The summed E-state index contributed by atoms with van der Waals surface area (Å²) in [4.78, 5) is 21.1. The van der Waals surface area contributed by atoms with Crippen LogP contribution in [0.15, 0.2) is 40.1 Å². The summed E-state index contributed by atoms with van der Waals surface area (Å²) in [6.45, 7) is 7.87. The van der Waals surface area contributed by atoms with Crippen molar-refractivity contribution in [2.45, 2.75) is 59.6 Å². The maximum atomic E-state index is 10.3. The fourth-order valence-corrected chi connectivity index (χ4v) is 2.25. The van der Waals surface area contributed by atoms with Crippen molar-refractivity contribution in [3.63, 3.8) is 0 Å². The number of aldehydes is 1. The average molecular weight is 337 g/mol. The van der Waals surface area contributed by atoms with E-state index in [4.69, 9.17) is 15.3 Å². The van der Waals surface area contributed by atoms with Crippen molar-refractivity contribution in [2.75, 3.05) is 13.6 Å². The lowest BCUT2D eigenvalue weighted by Gasteiger charge is -2.25. The van der Waals surface area contributed by atoms with E-state index in [-0.39, 0.29) is 12.8 Å². The van der Waals surface area contributed by atoms with E-state index in [1.165, 1.54) is 12.5 Å². The molecule has 0 saturated heterocycles. The van der Waals surface area contributed by atoms with E-state index in [0.29, 0.717) is 5.76 Å². The summed E-state index contributed by atoms with van der Waals surface area (Å²) in [6, 6.07) is 0. The molecule has 6 heteroatoms. The fourth-order valence-electron chi connectivity index (χ4n) is 2.25. The summed E-state index contributed by atoms with van der Waals surface area (Å²) in [7, 11) is 1.97. The molecule has 0 spiro atoms. The van der Waals surface area contributed by atoms with Gasteiger partial charge in [-0.2, -0.15) is 4.91 Å². The van der Waals surface area contributed by atoms with Gasteiger partial charge in [0.25, 0.3) is 0 Å². The third kappa shape index (κ3) is 7.44. The molecule has 2 N–H and O–H groups in total. The highest BCUT2D eigenvalue weighted by Gasteiger charge is 2.21. The van der Waals surface area contributed by atoms with Crippen LogP contribution in [0.3, 0.4) is 0 Å². The predicted octanol–water partition coefficient (Wildman–Crippen LogP) is 3.85. The van der Waals surface area contributed by atoms with Crippen LogP contribution in [0.25, 0.3) is 0 Å². The highest BCUT2D eigenvalue weighted by molar-refractivity contribution is 5.44. The van der Waals surface area contributed by atoms with Gasteiger partial charge in [0.15, 0.2) is 6.23 Å². The topological polar surface area (TPSA) is 85.0 Å². The van der Waals surface area contributed by atoms with Gasteiger partial charge in [-0.15, -0.1) is 0 Å². The molecule has 136 valence electrons. The molecule has 0 radical (unpaired) electrons. The number of carbonyl (C=O) groups excluding carboxylic acids is 1. The molecular weight excluding hydrogens is 306 g/mol. The van der Waals surface area contributed by atoms with Crippen LogP contribution < -0.4 is 5.73 Å². The van der Waals surface area contributed by atoms with Crippen LogP contribution in [0.1, 0.15) is 53.4 Å². The normalized spacial score (nSPS) is 17.8. The van der Waals surface area contributed by atoms with Gasteiger partial charge in [-0.25, -0.2) is 0 Å². The molecule has 0 aromatic heterocycles. The van der Waals surface area contributed by atoms with Gasteiger partial charge in [-0.05, 0) is 38.3 Å². The zero-order chi connectivity index (χ0) is 18.5. The van der Waals surface area contributed by atoms with Crippen molar-refractivity contribution < 1.29 is 9.53 Å². The zero-order valence-corrected chi connectivity index (χ0v) is 15.5. The highest BCUT2D eigenvalue weighted by atomic mass is 16.5. The molecule has 1 aliphatic rings. The number of carbonyl (C=O) groups is 1. The van der Waals surface area contributed by atoms with Gasteiger partial charge < -0.3 is 20.2 Å². The number of ether oxygens (including phenoxy) is 1. The van der Waals surface area contributed by atoms with Gasteiger partial charge in [0.05, 0.1) is 0 Å². The Morgan fingerprint density at radius 2 is 2.12 bits per heavy atom. The number of hydrogen-bond donors (Lipinski definition) is 1. The second-order valence-corrected chi connectivity index (χ2v) is 5.62. The Morgan fingerprint density at radius 1 is 1.50 bits per heavy atom. The molecule has 0 fully saturated rings. The Morgan fingerprint density at radius 3 is 2.62 bits per heavy atom. The predicted molar refractivity (Wildman–Crippen MR) is 97.9 cm³/mol. The lowest BCUT2D eigenvalue weighted by molar-refractivity contribution is -0.106. The second-order valence-electron chi connectivity index (χ2n) is 5.62. The van der Waals surface area contributed by atoms with Crippen molar-refractivity contribution in [2.24, 2.45) is 10.9 Å². The van der Waals surface area contributed by atoms with Gasteiger partial charge in [-0.1, -0.05) is 31.0 Å². The lowest BCUT2D eigenvalue weighted by atomic mass is 10.0. The molecule has 1 unspecified atom stereocenters. The van der Waals surface area contributed by atoms with Crippen molar-refractivity contribution in [1.29, 1.82) is 0 Å². The largest absolute Gasteiger partial charge is 0.473 e. The Kier molecular flexibility index (Phi) is 11.2. The van der Waals surface area contributed by atoms with Gasteiger partial charge in [0, 0.05) is 25.4 Å². The monoisotopic (exact) mass is 337 g/mol.